The standard InChI is InChI=1S/C14H16FN5O.2ClH/c1-19-4-3-18-13(19)12-9-16-2-5-20(12)14(21)10-6-11(15)8-17-7-10;;/h3-4,6-8,12,16H,2,5,9H2,1H3;2*1H. The molecule has 1 aliphatic heterocycles. The van der Waals surface area contributed by atoms with Crippen LogP contribution in [0.1, 0.15) is 22.2 Å². The second kappa shape index (κ2) is 8.24. The Kier molecular flexibility index (Phi) is 6.93. The first-order chi connectivity index (χ1) is 10.2. The lowest BCUT2D eigenvalue weighted by molar-refractivity contribution is 0.0620. The van der Waals surface area contributed by atoms with Crippen molar-refractivity contribution in [3.8, 4) is 0 Å². The summed E-state index contributed by atoms with van der Waals surface area (Å²) in [7, 11) is 1.89. The average molecular weight is 362 g/mol. The quantitative estimate of drug-likeness (QED) is 0.881. The number of nitrogens with one attached hydrogen (secondary N) is 1. The van der Waals surface area contributed by atoms with Crippen LogP contribution >= 0.6 is 24.8 Å². The molecular weight excluding hydrogens is 344 g/mol. The number of amides is 1. The first-order valence-electron chi connectivity index (χ1n) is 6.76. The van der Waals surface area contributed by atoms with Gasteiger partial charge in [0.1, 0.15) is 17.7 Å². The van der Waals surface area contributed by atoms with E-state index in [0.29, 0.717) is 19.6 Å². The van der Waals surface area contributed by atoms with E-state index in [9.17, 15) is 9.18 Å². The van der Waals surface area contributed by atoms with Crippen molar-refractivity contribution in [2.75, 3.05) is 19.6 Å². The smallest absolute Gasteiger partial charge is 0.256 e. The lowest BCUT2D eigenvalue weighted by Gasteiger charge is -2.35. The number of carbonyl (C=O) groups excluding carboxylic acids is 1. The van der Waals surface area contributed by atoms with Crippen molar-refractivity contribution in [2.45, 2.75) is 6.04 Å². The maximum atomic E-state index is 13.3. The van der Waals surface area contributed by atoms with E-state index >= 15 is 0 Å². The van der Waals surface area contributed by atoms with Crippen molar-refractivity contribution < 1.29 is 9.18 Å². The molecule has 0 bridgehead atoms. The Balaban J connectivity index is 0.00000132. The van der Waals surface area contributed by atoms with Gasteiger partial charge in [0, 0.05) is 45.3 Å². The van der Waals surface area contributed by atoms with Crippen LogP contribution in [0.15, 0.2) is 30.9 Å². The van der Waals surface area contributed by atoms with Crippen LogP contribution in [0, 0.1) is 5.82 Å². The highest BCUT2D eigenvalue weighted by Crippen LogP contribution is 2.22. The molecule has 0 aromatic carbocycles. The van der Waals surface area contributed by atoms with Gasteiger partial charge < -0.3 is 14.8 Å². The molecule has 1 saturated heterocycles. The van der Waals surface area contributed by atoms with Crippen LogP contribution in [-0.2, 0) is 7.05 Å². The molecular formula is C14H18Cl2FN5O. The van der Waals surface area contributed by atoms with Crippen molar-refractivity contribution in [3.05, 3.63) is 48.1 Å². The van der Waals surface area contributed by atoms with Crippen molar-refractivity contribution in [2.24, 2.45) is 7.05 Å². The number of pyridine rings is 1. The molecule has 2 aromatic heterocycles. The van der Waals surface area contributed by atoms with Gasteiger partial charge in [0.15, 0.2) is 0 Å². The Morgan fingerprint density at radius 1 is 1.39 bits per heavy atom. The molecule has 0 spiro atoms. The largest absolute Gasteiger partial charge is 0.336 e. The summed E-state index contributed by atoms with van der Waals surface area (Å²) in [6, 6.07) is 1.04. The van der Waals surface area contributed by atoms with E-state index in [4.69, 9.17) is 0 Å². The maximum Gasteiger partial charge on any atom is 0.256 e. The molecule has 3 rings (SSSR count). The summed E-state index contributed by atoms with van der Waals surface area (Å²) < 4.78 is 15.2. The van der Waals surface area contributed by atoms with Crippen LogP contribution in [0.25, 0.3) is 0 Å². The van der Waals surface area contributed by atoms with Crippen LogP contribution < -0.4 is 5.32 Å². The summed E-state index contributed by atoms with van der Waals surface area (Å²) in [6.07, 6.45) is 6.03. The monoisotopic (exact) mass is 361 g/mol. The normalized spacial score (nSPS) is 17.1. The molecule has 0 radical (unpaired) electrons. The minimum absolute atomic E-state index is 0. The number of carbonyl (C=O) groups is 1. The van der Waals surface area contributed by atoms with E-state index in [1.807, 2.05) is 17.8 Å². The van der Waals surface area contributed by atoms with Crippen molar-refractivity contribution in [3.63, 3.8) is 0 Å². The van der Waals surface area contributed by atoms with Gasteiger partial charge in [-0.25, -0.2) is 9.37 Å². The van der Waals surface area contributed by atoms with E-state index < -0.39 is 5.82 Å². The van der Waals surface area contributed by atoms with Gasteiger partial charge >= 0.3 is 0 Å². The number of hydrogen-bond acceptors (Lipinski definition) is 4. The zero-order valence-corrected chi connectivity index (χ0v) is 14.1. The summed E-state index contributed by atoms with van der Waals surface area (Å²) >= 11 is 0. The van der Waals surface area contributed by atoms with Gasteiger partial charge in [-0.05, 0) is 6.07 Å². The number of piperazine rings is 1. The van der Waals surface area contributed by atoms with E-state index in [1.54, 1.807) is 11.1 Å². The Hall–Kier alpha value is -1.70. The minimum Gasteiger partial charge on any atom is -0.336 e. The maximum absolute atomic E-state index is 13.3. The number of aryl methyl sites for hydroxylation is 1. The molecule has 1 amide bonds. The van der Waals surface area contributed by atoms with E-state index in [1.165, 1.54) is 12.3 Å². The first kappa shape index (κ1) is 19.3. The number of rotatable bonds is 2. The lowest BCUT2D eigenvalue weighted by atomic mass is 10.1. The first-order valence-corrected chi connectivity index (χ1v) is 6.76. The zero-order valence-electron chi connectivity index (χ0n) is 12.5. The second-order valence-electron chi connectivity index (χ2n) is 5.01. The molecule has 1 atom stereocenters. The summed E-state index contributed by atoms with van der Waals surface area (Å²) in [5, 5.41) is 3.26. The molecule has 1 fully saturated rings. The SMILES string of the molecule is Cl.Cl.Cn1ccnc1C1CNCCN1C(=O)c1cncc(F)c1. The van der Waals surface area contributed by atoms with Crippen molar-refractivity contribution >= 4 is 30.7 Å². The number of halogens is 3. The molecule has 0 aliphatic carbocycles. The predicted octanol–water partition coefficient (Wildman–Crippen LogP) is 1.58. The Labute approximate surface area is 145 Å². The third-order valence-electron chi connectivity index (χ3n) is 3.61. The number of hydrogen-bond donors (Lipinski definition) is 1. The highest BCUT2D eigenvalue weighted by molar-refractivity contribution is 5.94. The summed E-state index contributed by atoms with van der Waals surface area (Å²) in [5.74, 6) is 0.0703. The summed E-state index contributed by atoms with van der Waals surface area (Å²) in [5.41, 5.74) is 0.260. The fourth-order valence-corrected chi connectivity index (χ4v) is 2.57. The van der Waals surface area contributed by atoms with Crippen LogP contribution in [-0.4, -0.2) is 45.0 Å². The van der Waals surface area contributed by atoms with E-state index in [-0.39, 0.29) is 42.3 Å². The molecule has 1 N–H and O–H groups in total. The highest BCUT2D eigenvalue weighted by Gasteiger charge is 2.31. The lowest BCUT2D eigenvalue weighted by Crippen LogP contribution is -2.49. The molecule has 6 nitrogen and oxygen atoms in total. The van der Waals surface area contributed by atoms with Gasteiger partial charge in [-0.3, -0.25) is 9.78 Å². The number of aromatic nitrogens is 3. The topological polar surface area (TPSA) is 63.1 Å². The van der Waals surface area contributed by atoms with E-state index in [0.717, 1.165) is 12.0 Å². The summed E-state index contributed by atoms with van der Waals surface area (Å²) in [6.45, 7) is 1.88. The molecule has 2 aromatic rings. The minimum atomic E-state index is -0.510. The van der Waals surface area contributed by atoms with Crippen molar-refractivity contribution in [1.82, 2.24) is 24.8 Å². The Morgan fingerprint density at radius 2 is 2.17 bits per heavy atom. The molecule has 1 aliphatic rings. The fourth-order valence-electron chi connectivity index (χ4n) is 2.57. The predicted molar refractivity (Wildman–Crippen MR) is 88.5 cm³/mol. The van der Waals surface area contributed by atoms with Gasteiger partial charge in [-0.2, -0.15) is 0 Å². The van der Waals surface area contributed by atoms with Gasteiger partial charge in [-0.15, -0.1) is 24.8 Å². The molecule has 9 heteroatoms. The highest BCUT2D eigenvalue weighted by atomic mass is 35.5. The molecule has 1 unspecified atom stereocenters. The average Bonchev–Trinajstić information content (AvgIpc) is 2.92. The van der Waals surface area contributed by atoms with Gasteiger partial charge in [-0.1, -0.05) is 0 Å². The third-order valence-corrected chi connectivity index (χ3v) is 3.61. The molecule has 126 valence electrons. The second-order valence-corrected chi connectivity index (χ2v) is 5.01. The van der Waals surface area contributed by atoms with Crippen LogP contribution in [0.5, 0.6) is 0 Å². The third kappa shape index (κ3) is 3.99. The summed E-state index contributed by atoms with van der Waals surface area (Å²) in [4.78, 5) is 22.4. The van der Waals surface area contributed by atoms with Crippen LogP contribution in [0.4, 0.5) is 4.39 Å². The van der Waals surface area contributed by atoms with Gasteiger partial charge in [0.05, 0.1) is 11.8 Å². The number of nitrogens with zero attached hydrogens (tertiary/aromatic N) is 4. The van der Waals surface area contributed by atoms with Gasteiger partial charge in [0.25, 0.3) is 5.91 Å². The van der Waals surface area contributed by atoms with Crippen LogP contribution in [0.3, 0.4) is 0 Å². The Morgan fingerprint density at radius 3 is 2.83 bits per heavy atom. The Bertz CT molecular complexity index is 666. The zero-order chi connectivity index (χ0) is 14.8. The van der Waals surface area contributed by atoms with Crippen LogP contribution in [0.2, 0.25) is 0 Å². The molecule has 0 saturated carbocycles. The fraction of sp³-hybridized carbons (Fsp3) is 0.357. The van der Waals surface area contributed by atoms with Crippen molar-refractivity contribution in [1.29, 1.82) is 0 Å². The molecule has 3 heterocycles. The molecule has 23 heavy (non-hydrogen) atoms. The van der Waals surface area contributed by atoms with Gasteiger partial charge in [0.2, 0.25) is 0 Å². The number of imidazole rings is 1. The van der Waals surface area contributed by atoms with E-state index in [2.05, 4.69) is 15.3 Å².